The average Bonchev–Trinajstić information content (AvgIpc) is 2.88. The normalized spacial score (nSPS) is 21.6. The van der Waals surface area contributed by atoms with E-state index in [9.17, 15) is 13.2 Å². The number of rotatable bonds is 5. The predicted octanol–water partition coefficient (Wildman–Crippen LogP) is 2.25. The fraction of sp³-hybridized carbons (Fsp3) is 0.667. The summed E-state index contributed by atoms with van der Waals surface area (Å²) in [5.41, 5.74) is 0. The molecular formula is C12H17F3N2O. The lowest BCUT2D eigenvalue weighted by Crippen LogP contribution is -2.33. The van der Waals surface area contributed by atoms with Gasteiger partial charge in [-0.1, -0.05) is 0 Å². The molecule has 2 heterocycles. The van der Waals surface area contributed by atoms with Gasteiger partial charge in [0.1, 0.15) is 5.76 Å². The van der Waals surface area contributed by atoms with Gasteiger partial charge in [0.15, 0.2) is 0 Å². The molecule has 1 aliphatic heterocycles. The van der Waals surface area contributed by atoms with Crippen LogP contribution >= 0.6 is 0 Å². The zero-order valence-corrected chi connectivity index (χ0v) is 10.0. The van der Waals surface area contributed by atoms with Gasteiger partial charge in [0, 0.05) is 6.54 Å². The van der Waals surface area contributed by atoms with E-state index in [2.05, 4.69) is 5.32 Å². The van der Waals surface area contributed by atoms with Crippen LogP contribution in [0, 0.1) is 5.92 Å². The topological polar surface area (TPSA) is 28.4 Å². The number of likely N-dealkylation sites (tertiary alicyclic amines) is 1. The summed E-state index contributed by atoms with van der Waals surface area (Å²) < 4.78 is 41.8. The summed E-state index contributed by atoms with van der Waals surface area (Å²) >= 11 is 0. The molecule has 18 heavy (non-hydrogen) atoms. The Morgan fingerprint density at radius 1 is 1.44 bits per heavy atom. The lowest BCUT2D eigenvalue weighted by molar-refractivity contribution is -0.143. The molecule has 0 aliphatic carbocycles. The molecule has 102 valence electrons. The van der Waals surface area contributed by atoms with E-state index in [-0.39, 0.29) is 0 Å². The van der Waals surface area contributed by atoms with Crippen LogP contribution in [-0.4, -0.2) is 37.3 Å². The Morgan fingerprint density at radius 3 is 2.94 bits per heavy atom. The van der Waals surface area contributed by atoms with Crippen molar-refractivity contribution in [1.82, 2.24) is 10.2 Å². The van der Waals surface area contributed by atoms with Gasteiger partial charge in [-0.3, -0.25) is 4.90 Å². The number of hydrogen-bond donors (Lipinski definition) is 1. The van der Waals surface area contributed by atoms with Crippen LogP contribution in [0.5, 0.6) is 0 Å². The van der Waals surface area contributed by atoms with Gasteiger partial charge in [-0.15, -0.1) is 0 Å². The second kappa shape index (κ2) is 5.75. The molecule has 1 saturated heterocycles. The van der Waals surface area contributed by atoms with Crippen molar-refractivity contribution in [1.29, 1.82) is 0 Å². The Labute approximate surface area is 104 Å². The van der Waals surface area contributed by atoms with Crippen LogP contribution in [0.25, 0.3) is 0 Å². The molecule has 0 radical (unpaired) electrons. The molecule has 0 amide bonds. The first-order valence-electron chi connectivity index (χ1n) is 6.05. The molecule has 1 unspecified atom stereocenters. The third-order valence-corrected chi connectivity index (χ3v) is 3.09. The second-order valence-corrected chi connectivity index (χ2v) is 4.72. The van der Waals surface area contributed by atoms with Crippen molar-refractivity contribution in [2.24, 2.45) is 5.92 Å². The summed E-state index contributed by atoms with van der Waals surface area (Å²) in [6.45, 7) is 1.62. The SMILES string of the molecule is FC(F)(F)CN1CCC(CNCc2ccco2)C1. The molecular weight excluding hydrogens is 245 g/mol. The monoisotopic (exact) mass is 262 g/mol. The van der Waals surface area contributed by atoms with E-state index in [1.165, 1.54) is 4.90 Å². The fourth-order valence-electron chi connectivity index (χ4n) is 2.29. The van der Waals surface area contributed by atoms with Crippen molar-refractivity contribution in [3.8, 4) is 0 Å². The van der Waals surface area contributed by atoms with Gasteiger partial charge in [-0.25, -0.2) is 0 Å². The lowest BCUT2D eigenvalue weighted by atomic mass is 10.1. The first kappa shape index (κ1) is 13.4. The minimum Gasteiger partial charge on any atom is -0.468 e. The van der Waals surface area contributed by atoms with Crippen molar-refractivity contribution in [3.05, 3.63) is 24.2 Å². The van der Waals surface area contributed by atoms with Gasteiger partial charge in [0.05, 0.1) is 19.4 Å². The highest BCUT2D eigenvalue weighted by atomic mass is 19.4. The molecule has 0 saturated carbocycles. The minimum atomic E-state index is -4.09. The fourth-order valence-corrected chi connectivity index (χ4v) is 2.29. The van der Waals surface area contributed by atoms with Crippen molar-refractivity contribution in [2.75, 3.05) is 26.2 Å². The van der Waals surface area contributed by atoms with Crippen LogP contribution < -0.4 is 5.32 Å². The van der Waals surface area contributed by atoms with Crippen LogP contribution in [0.15, 0.2) is 22.8 Å². The molecule has 3 nitrogen and oxygen atoms in total. The summed E-state index contributed by atoms with van der Waals surface area (Å²) in [5, 5.41) is 3.21. The Balaban J connectivity index is 1.64. The standard InChI is InChI=1S/C12H17F3N2O/c13-12(14,15)9-17-4-3-10(8-17)6-16-7-11-2-1-5-18-11/h1-2,5,10,16H,3-4,6-9H2. The van der Waals surface area contributed by atoms with E-state index in [0.717, 1.165) is 18.7 Å². The van der Waals surface area contributed by atoms with Crippen LogP contribution in [0.1, 0.15) is 12.2 Å². The van der Waals surface area contributed by atoms with Gasteiger partial charge in [0.2, 0.25) is 0 Å². The summed E-state index contributed by atoms with van der Waals surface area (Å²) in [7, 11) is 0. The number of halogens is 3. The highest BCUT2D eigenvalue weighted by molar-refractivity contribution is 4.97. The number of alkyl halides is 3. The largest absolute Gasteiger partial charge is 0.468 e. The van der Waals surface area contributed by atoms with Gasteiger partial charge in [-0.2, -0.15) is 13.2 Å². The molecule has 6 heteroatoms. The first-order valence-corrected chi connectivity index (χ1v) is 6.05. The Bertz CT molecular complexity index is 351. The highest BCUT2D eigenvalue weighted by Crippen LogP contribution is 2.22. The Hall–Kier alpha value is -1.01. The van der Waals surface area contributed by atoms with E-state index in [0.29, 0.717) is 25.6 Å². The van der Waals surface area contributed by atoms with Crippen molar-refractivity contribution >= 4 is 0 Å². The molecule has 2 rings (SSSR count). The van der Waals surface area contributed by atoms with Crippen LogP contribution in [0.4, 0.5) is 13.2 Å². The average molecular weight is 262 g/mol. The van der Waals surface area contributed by atoms with E-state index < -0.39 is 12.7 Å². The summed E-state index contributed by atoms with van der Waals surface area (Å²) in [5.74, 6) is 1.14. The van der Waals surface area contributed by atoms with E-state index in [4.69, 9.17) is 4.42 Å². The minimum absolute atomic E-state index is 0.294. The maximum atomic E-state index is 12.2. The molecule has 1 aromatic heterocycles. The van der Waals surface area contributed by atoms with Crippen LogP contribution in [0.2, 0.25) is 0 Å². The van der Waals surface area contributed by atoms with Gasteiger partial charge in [-0.05, 0) is 37.6 Å². The maximum absolute atomic E-state index is 12.2. The summed E-state index contributed by atoms with van der Waals surface area (Å²) in [4.78, 5) is 1.47. The van der Waals surface area contributed by atoms with Gasteiger partial charge >= 0.3 is 6.18 Å². The van der Waals surface area contributed by atoms with E-state index >= 15 is 0 Å². The van der Waals surface area contributed by atoms with Crippen LogP contribution in [-0.2, 0) is 6.54 Å². The highest BCUT2D eigenvalue weighted by Gasteiger charge is 2.34. The molecule has 1 aromatic rings. The number of nitrogens with zero attached hydrogens (tertiary/aromatic N) is 1. The van der Waals surface area contributed by atoms with E-state index in [1.807, 2.05) is 12.1 Å². The molecule has 0 bridgehead atoms. The third kappa shape index (κ3) is 4.34. The summed E-state index contributed by atoms with van der Waals surface area (Å²) in [6.07, 6.45) is -1.66. The third-order valence-electron chi connectivity index (χ3n) is 3.09. The predicted molar refractivity (Wildman–Crippen MR) is 61.0 cm³/mol. The number of furan rings is 1. The molecule has 1 aliphatic rings. The Kier molecular flexibility index (Phi) is 4.29. The molecule has 0 spiro atoms. The summed E-state index contributed by atoms with van der Waals surface area (Å²) in [6, 6.07) is 3.69. The molecule has 1 N–H and O–H groups in total. The van der Waals surface area contributed by atoms with E-state index in [1.54, 1.807) is 6.26 Å². The van der Waals surface area contributed by atoms with Gasteiger partial charge in [0.25, 0.3) is 0 Å². The van der Waals surface area contributed by atoms with Crippen LogP contribution in [0.3, 0.4) is 0 Å². The smallest absolute Gasteiger partial charge is 0.401 e. The number of hydrogen-bond acceptors (Lipinski definition) is 3. The molecule has 1 atom stereocenters. The quantitative estimate of drug-likeness (QED) is 0.882. The zero-order chi connectivity index (χ0) is 13.0. The van der Waals surface area contributed by atoms with Crippen molar-refractivity contribution in [2.45, 2.75) is 19.1 Å². The zero-order valence-electron chi connectivity index (χ0n) is 10.0. The first-order chi connectivity index (χ1) is 8.53. The van der Waals surface area contributed by atoms with Crippen molar-refractivity contribution in [3.63, 3.8) is 0 Å². The molecule has 1 fully saturated rings. The van der Waals surface area contributed by atoms with Crippen molar-refractivity contribution < 1.29 is 17.6 Å². The lowest BCUT2D eigenvalue weighted by Gasteiger charge is -2.17. The Morgan fingerprint density at radius 2 is 2.28 bits per heavy atom. The van der Waals surface area contributed by atoms with Gasteiger partial charge < -0.3 is 9.73 Å². The molecule has 0 aromatic carbocycles. The maximum Gasteiger partial charge on any atom is 0.401 e. The second-order valence-electron chi connectivity index (χ2n) is 4.72. The number of nitrogens with one attached hydrogen (secondary N) is 1.